The molecule has 3 heterocycles. The fraction of sp³-hybridized carbons (Fsp3) is 0.529. The van der Waals surface area contributed by atoms with Gasteiger partial charge in [0.1, 0.15) is 6.54 Å². The number of piperidine rings is 1. The predicted octanol–water partition coefficient (Wildman–Crippen LogP) is 1.82. The van der Waals surface area contributed by atoms with Gasteiger partial charge in [0.15, 0.2) is 5.69 Å². The topological polar surface area (TPSA) is 93.8 Å². The number of hydrogen-bond acceptors (Lipinski definition) is 4. The second-order valence-electron chi connectivity index (χ2n) is 6.95. The number of hydrogen-bond donors (Lipinski definition) is 2. The van der Waals surface area contributed by atoms with Crippen LogP contribution in [0, 0.1) is 0 Å². The monoisotopic (exact) mass is 398 g/mol. The van der Waals surface area contributed by atoms with Crippen molar-refractivity contribution in [3.8, 4) is 0 Å². The van der Waals surface area contributed by atoms with Crippen molar-refractivity contribution in [3.63, 3.8) is 0 Å². The van der Waals surface area contributed by atoms with Crippen LogP contribution in [0.4, 0.5) is 13.2 Å². The average molecular weight is 398 g/mol. The van der Waals surface area contributed by atoms with E-state index in [1.54, 1.807) is 16.9 Å². The standard InChI is InChI=1S/C17H21F3N6O2/c1-10(2)26-12(5-7-21-26)16-11(3-4-14(27)23-16)22-15(28)9-25-8-6-13(24-25)17(18,19)20/h5-8,10-11,16H,3-4,9H2,1-2H3,(H,22,28)(H,23,27)/t11-,16-/m1/s1. The van der Waals surface area contributed by atoms with Crippen molar-refractivity contribution in [2.24, 2.45) is 0 Å². The van der Waals surface area contributed by atoms with E-state index in [0.29, 0.717) is 6.42 Å². The number of nitrogens with zero attached hydrogens (tertiary/aromatic N) is 4. The lowest BCUT2D eigenvalue weighted by atomic mass is 9.95. The third kappa shape index (κ3) is 4.34. The van der Waals surface area contributed by atoms with Gasteiger partial charge in [-0.3, -0.25) is 19.0 Å². The van der Waals surface area contributed by atoms with Crippen LogP contribution in [0.25, 0.3) is 0 Å². The molecule has 11 heteroatoms. The second kappa shape index (κ2) is 7.64. The van der Waals surface area contributed by atoms with E-state index in [9.17, 15) is 22.8 Å². The Labute approximate surface area is 159 Å². The highest BCUT2D eigenvalue weighted by Crippen LogP contribution is 2.28. The highest BCUT2D eigenvalue weighted by molar-refractivity contribution is 5.79. The molecule has 2 aromatic rings. The van der Waals surface area contributed by atoms with E-state index < -0.39 is 29.9 Å². The molecule has 1 aliphatic rings. The molecule has 1 aliphatic heterocycles. The molecule has 2 atom stereocenters. The molecule has 1 fully saturated rings. The number of rotatable bonds is 5. The van der Waals surface area contributed by atoms with Crippen LogP contribution in [-0.2, 0) is 22.3 Å². The van der Waals surface area contributed by atoms with Gasteiger partial charge in [0, 0.05) is 24.9 Å². The van der Waals surface area contributed by atoms with Crippen LogP contribution >= 0.6 is 0 Å². The third-order valence-electron chi connectivity index (χ3n) is 4.49. The van der Waals surface area contributed by atoms with E-state index in [0.717, 1.165) is 22.6 Å². The van der Waals surface area contributed by atoms with Crippen molar-refractivity contribution >= 4 is 11.8 Å². The van der Waals surface area contributed by atoms with Crippen LogP contribution < -0.4 is 10.6 Å². The predicted molar refractivity (Wildman–Crippen MR) is 91.9 cm³/mol. The van der Waals surface area contributed by atoms with E-state index >= 15 is 0 Å². The molecule has 0 aromatic carbocycles. The zero-order valence-electron chi connectivity index (χ0n) is 15.4. The Morgan fingerprint density at radius 2 is 2.14 bits per heavy atom. The Bertz CT molecular complexity index is 857. The zero-order chi connectivity index (χ0) is 20.5. The van der Waals surface area contributed by atoms with Gasteiger partial charge in [0.05, 0.1) is 17.8 Å². The molecule has 1 saturated heterocycles. The number of amides is 2. The first-order chi connectivity index (χ1) is 13.1. The minimum Gasteiger partial charge on any atom is -0.349 e. The Balaban J connectivity index is 1.72. The lowest BCUT2D eigenvalue weighted by Gasteiger charge is -2.33. The number of nitrogens with one attached hydrogen (secondary N) is 2. The van der Waals surface area contributed by atoms with Crippen molar-refractivity contribution in [2.45, 2.75) is 57.5 Å². The minimum atomic E-state index is -4.56. The Morgan fingerprint density at radius 3 is 2.79 bits per heavy atom. The summed E-state index contributed by atoms with van der Waals surface area (Å²) in [5, 5.41) is 13.3. The van der Waals surface area contributed by atoms with Crippen LogP contribution in [0.15, 0.2) is 24.5 Å². The molecule has 0 bridgehead atoms. The first kappa shape index (κ1) is 19.9. The van der Waals surface area contributed by atoms with E-state index in [1.807, 2.05) is 13.8 Å². The lowest BCUT2D eigenvalue weighted by Crippen LogP contribution is -2.51. The van der Waals surface area contributed by atoms with Gasteiger partial charge >= 0.3 is 6.18 Å². The molecule has 2 aromatic heterocycles. The Hall–Kier alpha value is -2.85. The minimum absolute atomic E-state index is 0.0602. The molecule has 28 heavy (non-hydrogen) atoms. The van der Waals surface area contributed by atoms with E-state index in [4.69, 9.17) is 0 Å². The maximum absolute atomic E-state index is 12.6. The summed E-state index contributed by atoms with van der Waals surface area (Å²) in [4.78, 5) is 24.3. The van der Waals surface area contributed by atoms with Crippen LogP contribution in [0.2, 0.25) is 0 Å². The van der Waals surface area contributed by atoms with Gasteiger partial charge in [-0.25, -0.2) is 0 Å². The molecule has 0 unspecified atom stereocenters. The molecule has 0 aliphatic carbocycles. The van der Waals surface area contributed by atoms with E-state index in [2.05, 4.69) is 20.8 Å². The summed E-state index contributed by atoms with van der Waals surface area (Å²) in [6, 6.07) is 1.77. The summed E-state index contributed by atoms with van der Waals surface area (Å²) in [7, 11) is 0. The maximum Gasteiger partial charge on any atom is 0.435 e. The fourth-order valence-electron chi connectivity index (χ4n) is 3.24. The summed E-state index contributed by atoms with van der Waals surface area (Å²) < 4.78 is 40.6. The molecular weight excluding hydrogens is 377 g/mol. The van der Waals surface area contributed by atoms with Crippen LogP contribution in [0.3, 0.4) is 0 Å². The first-order valence-electron chi connectivity index (χ1n) is 8.88. The number of alkyl halides is 3. The van der Waals surface area contributed by atoms with Crippen molar-refractivity contribution in [2.75, 3.05) is 0 Å². The van der Waals surface area contributed by atoms with Crippen molar-refractivity contribution in [3.05, 3.63) is 35.9 Å². The van der Waals surface area contributed by atoms with Crippen LogP contribution in [-0.4, -0.2) is 37.4 Å². The van der Waals surface area contributed by atoms with Gasteiger partial charge in [-0.05, 0) is 32.4 Å². The number of halogens is 3. The van der Waals surface area contributed by atoms with Crippen molar-refractivity contribution in [1.82, 2.24) is 30.2 Å². The average Bonchev–Trinajstić information content (AvgIpc) is 3.25. The quantitative estimate of drug-likeness (QED) is 0.803. The molecular formula is C17H21F3N6O2. The molecule has 0 saturated carbocycles. The van der Waals surface area contributed by atoms with Crippen molar-refractivity contribution < 1.29 is 22.8 Å². The molecule has 2 amide bonds. The summed E-state index contributed by atoms with van der Waals surface area (Å²) in [5.74, 6) is -0.618. The molecule has 0 radical (unpaired) electrons. The van der Waals surface area contributed by atoms with Gasteiger partial charge < -0.3 is 10.6 Å². The van der Waals surface area contributed by atoms with Gasteiger partial charge in [-0.15, -0.1) is 0 Å². The summed E-state index contributed by atoms with van der Waals surface area (Å²) in [6.07, 6.45) is -1.17. The van der Waals surface area contributed by atoms with Crippen molar-refractivity contribution in [1.29, 1.82) is 0 Å². The summed E-state index contributed by atoms with van der Waals surface area (Å²) in [5.41, 5.74) is -0.296. The van der Waals surface area contributed by atoms with E-state index in [1.165, 1.54) is 0 Å². The van der Waals surface area contributed by atoms with Gasteiger partial charge in [-0.1, -0.05) is 0 Å². The Morgan fingerprint density at radius 1 is 1.39 bits per heavy atom. The van der Waals surface area contributed by atoms with Gasteiger partial charge in [-0.2, -0.15) is 23.4 Å². The third-order valence-corrected chi connectivity index (χ3v) is 4.49. The maximum atomic E-state index is 12.6. The van der Waals surface area contributed by atoms with Crippen LogP contribution in [0.1, 0.15) is 50.2 Å². The summed E-state index contributed by atoms with van der Waals surface area (Å²) in [6.45, 7) is 3.55. The van der Waals surface area contributed by atoms with Gasteiger partial charge in [0.2, 0.25) is 11.8 Å². The SMILES string of the molecule is CC(C)n1nccc1[C@@H]1NC(=O)CC[C@H]1NC(=O)Cn1ccc(C(F)(F)F)n1. The van der Waals surface area contributed by atoms with Gasteiger partial charge in [0.25, 0.3) is 0 Å². The molecule has 8 nitrogen and oxygen atoms in total. The highest BCUT2D eigenvalue weighted by atomic mass is 19.4. The molecule has 2 N–H and O–H groups in total. The van der Waals surface area contributed by atoms with Crippen LogP contribution in [0.5, 0.6) is 0 Å². The summed E-state index contributed by atoms with van der Waals surface area (Å²) >= 11 is 0. The zero-order valence-corrected chi connectivity index (χ0v) is 15.4. The number of carbonyl (C=O) groups is 2. The number of aromatic nitrogens is 4. The largest absolute Gasteiger partial charge is 0.435 e. The fourth-order valence-corrected chi connectivity index (χ4v) is 3.24. The Kier molecular flexibility index (Phi) is 5.43. The molecule has 152 valence electrons. The molecule has 3 rings (SSSR count). The number of carbonyl (C=O) groups excluding carboxylic acids is 2. The lowest BCUT2D eigenvalue weighted by molar-refractivity contribution is -0.141. The highest BCUT2D eigenvalue weighted by Gasteiger charge is 2.35. The van der Waals surface area contributed by atoms with E-state index in [-0.39, 0.29) is 24.9 Å². The normalized spacial score (nSPS) is 20.3. The molecule has 0 spiro atoms. The second-order valence-corrected chi connectivity index (χ2v) is 6.95. The smallest absolute Gasteiger partial charge is 0.349 e. The first-order valence-corrected chi connectivity index (χ1v) is 8.88.